The highest BCUT2D eigenvalue weighted by molar-refractivity contribution is 5.94. The summed E-state index contributed by atoms with van der Waals surface area (Å²) < 4.78 is 5.42. The van der Waals surface area contributed by atoms with E-state index < -0.39 is 0 Å². The van der Waals surface area contributed by atoms with Crippen LogP contribution in [0.25, 0.3) is 0 Å². The molecular formula is C20H30N4O3. The van der Waals surface area contributed by atoms with Crippen LogP contribution in [0.15, 0.2) is 24.5 Å². The van der Waals surface area contributed by atoms with Gasteiger partial charge in [0.25, 0.3) is 5.91 Å². The van der Waals surface area contributed by atoms with E-state index in [2.05, 4.69) is 15.6 Å². The molecule has 0 saturated carbocycles. The molecule has 1 atom stereocenters. The van der Waals surface area contributed by atoms with Gasteiger partial charge >= 0.3 is 0 Å². The second-order valence-electron chi connectivity index (χ2n) is 7.73. The molecule has 0 spiro atoms. The fourth-order valence-corrected chi connectivity index (χ4v) is 4.11. The number of ether oxygens (including phenoxy) is 1. The van der Waals surface area contributed by atoms with Gasteiger partial charge in [0.1, 0.15) is 0 Å². The normalized spacial score (nSPS) is 22.3. The molecule has 1 aromatic rings. The Morgan fingerprint density at radius 1 is 1.33 bits per heavy atom. The van der Waals surface area contributed by atoms with Gasteiger partial charge in [-0.05, 0) is 50.9 Å². The lowest BCUT2D eigenvalue weighted by Crippen LogP contribution is -2.50. The van der Waals surface area contributed by atoms with Crippen molar-refractivity contribution < 1.29 is 14.3 Å². The van der Waals surface area contributed by atoms with Gasteiger partial charge in [0.15, 0.2) is 0 Å². The number of piperidine rings is 2. The number of carbonyl (C=O) groups excluding carboxylic acids is 2. The Balaban J connectivity index is 1.55. The van der Waals surface area contributed by atoms with Crippen molar-refractivity contribution in [2.75, 3.05) is 46.4 Å². The zero-order valence-electron chi connectivity index (χ0n) is 16.1. The van der Waals surface area contributed by atoms with Gasteiger partial charge in [-0.2, -0.15) is 0 Å². The molecule has 2 fully saturated rings. The Morgan fingerprint density at radius 3 is 2.78 bits per heavy atom. The van der Waals surface area contributed by atoms with Crippen molar-refractivity contribution in [1.82, 2.24) is 20.5 Å². The summed E-state index contributed by atoms with van der Waals surface area (Å²) in [6.45, 7) is 4.38. The van der Waals surface area contributed by atoms with Crippen LogP contribution in [0.3, 0.4) is 0 Å². The molecule has 3 heterocycles. The molecule has 2 amide bonds. The molecule has 1 aromatic heterocycles. The number of likely N-dealkylation sites (tertiary alicyclic amines) is 1. The third-order valence-electron chi connectivity index (χ3n) is 5.76. The first-order chi connectivity index (χ1) is 13.1. The van der Waals surface area contributed by atoms with Crippen LogP contribution in [0.5, 0.6) is 0 Å². The smallest absolute Gasteiger partial charge is 0.253 e. The summed E-state index contributed by atoms with van der Waals surface area (Å²) in [6.07, 6.45) is 6.91. The highest BCUT2D eigenvalue weighted by atomic mass is 16.5. The largest absolute Gasteiger partial charge is 0.384 e. The molecule has 0 aromatic carbocycles. The van der Waals surface area contributed by atoms with Crippen LogP contribution in [0, 0.1) is 11.3 Å². The average Bonchev–Trinajstić information content (AvgIpc) is 2.73. The maximum atomic E-state index is 12.8. The zero-order valence-corrected chi connectivity index (χ0v) is 16.1. The summed E-state index contributed by atoms with van der Waals surface area (Å²) in [5.74, 6) is -0.119. The van der Waals surface area contributed by atoms with Crippen LogP contribution >= 0.6 is 0 Å². The Labute approximate surface area is 160 Å². The molecule has 2 saturated heterocycles. The SMILES string of the molecule is COCC1(CNC(=O)C2CCCN(C(=O)c3ccncc3)C2)CCNCC1. The topological polar surface area (TPSA) is 83.6 Å². The van der Waals surface area contributed by atoms with Gasteiger partial charge in [-0.25, -0.2) is 0 Å². The number of carbonyl (C=O) groups is 2. The van der Waals surface area contributed by atoms with E-state index in [9.17, 15) is 9.59 Å². The Hall–Kier alpha value is -1.99. The van der Waals surface area contributed by atoms with Crippen molar-refractivity contribution in [1.29, 1.82) is 0 Å². The minimum atomic E-state index is -0.147. The van der Waals surface area contributed by atoms with Crippen LogP contribution in [0.4, 0.5) is 0 Å². The number of hydrogen-bond acceptors (Lipinski definition) is 5. The van der Waals surface area contributed by atoms with E-state index in [0.29, 0.717) is 31.8 Å². The molecule has 7 heteroatoms. The van der Waals surface area contributed by atoms with Crippen molar-refractivity contribution in [3.8, 4) is 0 Å². The molecule has 3 rings (SSSR count). The number of pyridine rings is 1. The molecule has 2 N–H and O–H groups in total. The van der Waals surface area contributed by atoms with E-state index in [1.165, 1.54) is 0 Å². The van der Waals surface area contributed by atoms with Gasteiger partial charge in [-0.15, -0.1) is 0 Å². The molecule has 27 heavy (non-hydrogen) atoms. The van der Waals surface area contributed by atoms with Gasteiger partial charge in [-0.1, -0.05) is 0 Å². The fraction of sp³-hybridized carbons (Fsp3) is 0.650. The molecule has 7 nitrogen and oxygen atoms in total. The van der Waals surface area contributed by atoms with Crippen molar-refractivity contribution in [2.45, 2.75) is 25.7 Å². The lowest BCUT2D eigenvalue weighted by molar-refractivity contribution is -0.127. The number of nitrogens with zero attached hydrogens (tertiary/aromatic N) is 2. The van der Waals surface area contributed by atoms with E-state index in [1.807, 2.05) is 0 Å². The lowest BCUT2D eigenvalue weighted by Gasteiger charge is -2.38. The third-order valence-corrected chi connectivity index (χ3v) is 5.76. The number of rotatable bonds is 6. The molecule has 0 aliphatic carbocycles. The van der Waals surface area contributed by atoms with E-state index in [0.717, 1.165) is 38.8 Å². The molecular weight excluding hydrogens is 344 g/mol. The first-order valence-corrected chi connectivity index (χ1v) is 9.80. The van der Waals surface area contributed by atoms with E-state index in [1.54, 1.807) is 36.5 Å². The molecule has 1 unspecified atom stereocenters. The lowest BCUT2D eigenvalue weighted by atomic mass is 9.79. The van der Waals surface area contributed by atoms with Crippen molar-refractivity contribution in [2.24, 2.45) is 11.3 Å². The van der Waals surface area contributed by atoms with Crippen molar-refractivity contribution >= 4 is 11.8 Å². The molecule has 2 aliphatic heterocycles. The summed E-state index contributed by atoms with van der Waals surface area (Å²) in [4.78, 5) is 31.2. The number of hydrogen-bond donors (Lipinski definition) is 2. The monoisotopic (exact) mass is 374 g/mol. The fourth-order valence-electron chi connectivity index (χ4n) is 4.11. The van der Waals surface area contributed by atoms with Crippen LogP contribution in [0.1, 0.15) is 36.0 Å². The second kappa shape index (κ2) is 9.28. The quantitative estimate of drug-likeness (QED) is 0.778. The first kappa shape index (κ1) is 19.8. The second-order valence-corrected chi connectivity index (χ2v) is 7.73. The van der Waals surface area contributed by atoms with Gasteiger partial charge in [-0.3, -0.25) is 14.6 Å². The maximum Gasteiger partial charge on any atom is 0.253 e. The summed E-state index contributed by atoms with van der Waals surface area (Å²) in [5, 5.41) is 6.52. The van der Waals surface area contributed by atoms with Gasteiger partial charge < -0.3 is 20.3 Å². The summed E-state index contributed by atoms with van der Waals surface area (Å²) in [5.41, 5.74) is 0.636. The molecule has 0 radical (unpaired) electrons. The minimum absolute atomic E-state index is 0.0108. The third kappa shape index (κ3) is 5.05. The Bertz CT molecular complexity index is 626. The van der Waals surface area contributed by atoms with Crippen molar-refractivity contribution in [3.63, 3.8) is 0 Å². The van der Waals surface area contributed by atoms with Crippen LogP contribution in [-0.2, 0) is 9.53 Å². The maximum absolute atomic E-state index is 12.8. The predicted octanol–water partition coefficient (Wildman–Crippen LogP) is 1.07. The van der Waals surface area contributed by atoms with E-state index in [-0.39, 0.29) is 23.1 Å². The highest BCUT2D eigenvalue weighted by Crippen LogP contribution is 2.28. The van der Waals surface area contributed by atoms with Crippen LogP contribution in [-0.4, -0.2) is 68.1 Å². The number of amides is 2. The average molecular weight is 374 g/mol. The predicted molar refractivity (Wildman–Crippen MR) is 102 cm³/mol. The van der Waals surface area contributed by atoms with Crippen LogP contribution < -0.4 is 10.6 Å². The molecule has 0 bridgehead atoms. The molecule has 2 aliphatic rings. The summed E-state index contributed by atoms with van der Waals surface area (Å²) >= 11 is 0. The minimum Gasteiger partial charge on any atom is -0.384 e. The molecule has 148 valence electrons. The van der Waals surface area contributed by atoms with E-state index in [4.69, 9.17) is 4.74 Å². The van der Waals surface area contributed by atoms with E-state index >= 15 is 0 Å². The first-order valence-electron chi connectivity index (χ1n) is 9.80. The van der Waals surface area contributed by atoms with Gasteiger partial charge in [0.05, 0.1) is 12.5 Å². The van der Waals surface area contributed by atoms with Crippen LogP contribution in [0.2, 0.25) is 0 Å². The summed E-state index contributed by atoms with van der Waals surface area (Å²) in [6, 6.07) is 3.44. The number of nitrogens with one attached hydrogen (secondary N) is 2. The van der Waals surface area contributed by atoms with Gasteiger partial charge in [0.2, 0.25) is 5.91 Å². The number of aromatic nitrogens is 1. The zero-order chi connectivity index (χ0) is 19.1. The number of methoxy groups -OCH3 is 1. The Kier molecular flexibility index (Phi) is 6.79. The standard InChI is InChI=1S/C20H30N4O3/c1-27-15-20(6-10-22-11-7-20)14-23-18(25)17-3-2-12-24(13-17)19(26)16-4-8-21-9-5-16/h4-5,8-9,17,22H,2-3,6-7,10-15H2,1H3,(H,23,25). The van der Waals surface area contributed by atoms with Gasteiger partial charge in [0, 0.05) is 50.1 Å². The highest BCUT2D eigenvalue weighted by Gasteiger charge is 2.34. The summed E-state index contributed by atoms with van der Waals surface area (Å²) in [7, 11) is 1.72. The Morgan fingerprint density at radius 2 is 2.07 bits per heavy atom. The van der Waals surface area contributed by atoms with Crippen molar-refractivity contribution in [3.05, 3.63) is 30.1 Å².